The van der Waals surface area contributed by atoms with Crippen molar-refractivity contribution >= 4 is 0 Å². The molecule has 18 heavy (non-hydrogen) atoms. The van der Waals surface area contributed by atoms with Gasteiger partial charge in [-0.15, -0.1) is 0 Å². The molecular weight excluding hydrogens is 220 g/mol. The van der Waals surface area contributed by atoms with Crippen molar-refractivity contribution in [2.24, 2.45) is 0 Å². The van der Waals surface area contributed by atoms with Crippen LogP contribution >= 0.6 is 0 Å². The Hall–Kier alpha value is -0.860. The largest absolute Gasteiger partial charge is 0.317 e. The predicted octanol–water partition coefficient (Wildman–Crippen LogP) is 3.00. The first-order valence-electron chi connectivity index (χ1n) is 7.35. The van der Waals surface area contributed by atoms with Crippen LogP contribution in [0.3, 0.4) is 0 Å². The summed E-state index contributed by atoms with van der Waals surface area (Å²) in [5, 5.41) is 3.44. The van der Waals surface area contributed by atoms with Gasteiger partial charge in [0, 0.05) is 6.54 Å². The van der Waals surface area contributed by atoms with Gasteiger partial charge in [0.2, 0.25) is 0 Å². The molecule has 0 saturated carbocycles. The van der Waals surface area contributed by atoms with Crippen molar-refractivity contribution in [1.29, 1.82) is 0 Å². The SMILES string of the molecule is CCN(CC)Cc1cccc(C2CCNCC2)c1. The Morgan fingerprint density at radius 1 is 1.17 bits per heavy atom. The van der Waals surface area contributed by atoms with E-state index in [1.807, 2.05) is 0 Å². The van der Waals surface area contributed by atoms with Gasteiger partial charge in [-0.3, -0.25) is 4.90 Å². The third-order valence-corrected chi connectivity index (χ3v) is 4.06. The minimum Gasteiger partial charge on any atom is -0.317 e. The maximum absolute atomic E-state index is 3.44. The molecule has 0 atom stereocenters. The Morgan fingerprint density at radius 3 is 2.56 bits per heavy atom. The fourth-order valence-electron chi connectivity index (χ4n) is 2.81. The number of nitrogens with zero attached hydrogens (tertiary/aromatic N) is 1. The lowest BCUT2D eigenvalue weighted by atomic mass is 9.89. The smallest absolute Gasteiger partial charge is 0.0233 e. The molecule has 1 N–H and O–H groups in total. The molecule has 0 aromatic heterocycles. The molecule has 1 saturated heterocycles. The Labute approximate surface area is 111 Å². The van der Waals surface area contributed by atoms with Crippen LogP contribution in [0.4, 0.5) is 0 Å². The summed E-state index contributed by atoms with van der Waals surface area (Å²) >= 11 is 0. The summed E-state index contributed by atoms with van der Waals surface area (Å²) in [4.78, 5) is 2.47. The highest BCUT2D eigenvalue weighted by Gasteiger charge is 2.15. The first-order chi connectivity index (χ1) is 8.83. The molecule has 100 valence electrons. The van der Waals surface area contributed by atoms with E-state index in [2.05, 4.69) is 48.3 Å². The zero-order valence-corrected chi connectivity index (χ0v) is 11.8. The van der Waals surface area contributed by atoms with E-state index in [1.54, 1.807) is 5.56 Å². The molecule has 1 heterocycles. The second kappa shape index (κ2) is 6.91. The van der Waals surface area contributed by atoms with Gasteiger partial charge in [0.15, 0.2) is 0 Å². The van der Waals surface area contributed by atoms with E-state index in [4.69, 9.17) is 0 Å². The Bertz CT molecular complexity index is 352. The molecule has 0 spiro atoms. The molecular formula is C16H26N2. The third-order valence-electron chi connectivity index (χ3n) is 4.06. The molecule has 1 aromatic rings. The summed E-state index contributed by atoms with van der Waals surface area (Å²) in [6.45, 7) is 10.2. The maximum Gasteiger partial charge on any atom is 0.0233 e. The molecule has 0 aliphatic carbocycles. The highest BCUT2D eigenvalue weighted by Crippen LogP contribution is 2.25. The summed E-state index contributed by atoms with van der Waals surface area (Å²) < 4.78 is 0. The van der Waals surface area contributed by atoms with Crippen LogP contribution in [0.2, 0.25) is 0 Å². The van der Waals surface area contributed by atoms with Crippen molar-refractivity contribution in [2.45, 2.75) is 39.2 Å². The van der Waals surface area contributed by atoms with E-state index >= 15 is 0 Å². The number of piperidine rings is 1. The van der Waals surface area contributed by atoms with Gasteiger partial charge < -0.3 is 5.32 Å². The minimum atomic E-state index is 0.767. The monoisotopic (exact) mass is 246 g/mol. The molecule has 1 aliphatic rings. The molecule has 2 heteroatoms. The molecule has 1 fully saturated rings. The molecule has 0 amide bonds. The summed E-state index contributed by atoms with van der Waals surface area (Å²) in [5.41, 5.74) is 3.01. The van der Waals surface area contributed by atoms with Gasteiger partial charge in [-0.1, -0.05) is 38.1 Å². The zero-order chi connectivity index (χ0) is 12.8. The lowest BCUT2D eigenvalue weighted by Gasteiger charge is -2.24. The quantitative estimate of drug-likeness (QED) is 0.859. The molecule has 2 nitrogen and oxygen atoms in total. The van der Waals surface area contributed by atoms with Crippen molar-refractivity contribution in [3.05, 3.63) is 35.4 Å². The van der Waals surface area contributed by atoms with E-state index in [1.165, 1.54) is 31.5 Å². The number of hydrogen-bond donors (Lipinski definition) is 1. The van der Waals surface area contributed by atoms with Crippen LogP contribution < -0.4 is 5.32 Å². The number of rotatable bonds is 5. The molecule has 2 rings (SSSR count). The number of benzene rings is 1. The average Bonchev–Trinajstić information content (AvgIpc) is 2.46. The maximum atomic E-state index is 3.44. The summed E-state index contributed by atoms with van der Waals surface area (Å²) in [6.07, 6.45) is 2.57. The van der Waals surface area contributed by atoms with Crippen LogP contribution in [0.15, 0.2) is 24.3 Å². The first kappa shape index (κ1) is 13.6. The Balaban J connectivity index is 2.04. The van der Waals surface area contributed by atoms with Gasteiger partial charge >= 0.3 is 0 Å². The molecule has 0 bridgehead atoms. The van der Waals surface area contributed by atoms with Gasteiger partial charge in [-0.05, 0) is 56.1 Å². The van der Waals surface area contributed by atoms with Crippen LogP contribution in [-0.4, -0.2) is 31.1 Å². The van der Waals surface area contributed by atoms with Crippen LogP contribution in [0.5, 0.6) is 0 Å². The van der Waals surface area contributed by atoms with Gasteiger partial charge in [0.25, 0.3) is 0 Å². The van der Waals surface area contributed by atoms with E-state index < -0.39 is 0 Å². The van der Waals surface area contributed by atoms with Gasteiger partial charge in [0.1, 0.15) is 0 Å². The van der Waals surface area contributed by atoms with E-state index in [0.29, 0.717) is 0 Å². The normalized spacial score (nSPS) is 17.3. The molecule has 0 unspecified atom stereocenters. The third kappa shape index (κ3) is 3.56. The van der Waals surface area contributed by atoms with Crippen molar-refractivity contribution in [3.63, 3.8) is 0 Å². The van der Waals surface area contributed by atoms with Crippen molar-refractivity contribution in [3.8, 4) is 0 Å². The van der Waals surface area contributed by atoms with Crippen LogP contribution in [0.25, 0.3) is 0 Å². The highest BCUT2D eigenvalue weighted by molar-refractivity contribution is 5.27. The van der Waals surface area contributed by atoms with Gasteiger partial charge in [-0.2, -0.15) is 0 Å². The minimum absolute atomic E-state index is 0.767. The van der Waals surface area contributed by atoms with Crippen LogP contribution in [-0.2, 0) is 6.54 Å². The van der Waals surface area contributed by atoms with Gasteiger partial charge in [-0.25, -0.2) is 0 Å². The van der Waals surface area contributed by atoms with E-state index in [0.717, 1.165) is 25.6 Å². The zero-order valence-electron chi connectivity index (χ0n) is 11.8. The van der Waals surface area contributed by atoms with E-state index in [-0.39, 0.29) is 0 Å². The van der Waals surface area contributed by atoms with Crippen LogP contribution in [0.1, 0.15) is 43.7 Å². The molecule has 0 radical (unpaired) electrons. The van der Waals surface area contributed by atoms with Gasteiger partial charge in [0.05, 0.1) is 0 Å². The lowest BCUT2D eigenvalue weighted by Crippen LogP contribution is -2.26. The van der Waals surface area contributed by atoms with Crippen molar-refractivity contribution < 1.29 is 0 Å². The number of nitrogens with one attached hydrogen (secondary N) is 1. The summed E-state index contributed by atoms with van der Waals surface area (Å²) in [5.74, 6) is 0.767. The standard InChI is InChI=1S/C16H26N2/c1-3-18(4-2)13-14-6-5-7-16(12-14)15-8-10-17-11-9-15/h5-7,12,15,17H,3-4,8-11,13H2,1-2H3. The summed E-state index contributed by atoms with van der Waals surface area (Å²) in [6, 6.07) is 9.23. The van der Waals surface area contributed by atoms with Crippen molar-refractivity contribution in [2.75, 3.05) is 26.2 Å². The Kier molecular flexibility index (Phi) is 5.21. The lowest BCUT2D eigenvalue weighted by molar-refractivity contribution is 0.295. The second-order valence-electron chi connectivity index (χ2n) is 5.23. The second-order valence-corrected chi connectivity index (χ2v) is 5.23. The molecule has 1 aromatic carbocycles. The Morgan fingerprint density at radius 2 is 1.89 bits per heavy atom. The average molecular weight is 246 g/mol. The molecule has 1 aliphatic heterocycles. The number of hydrogen-bond acceptors (Lipinski definition) is 2. The van der Waals surface area contributed by atoms with Crippen molar-refractivity contribution in [1.82, 2.24) is 10.2 Å². The fourth-order valence-corrected chi connectivity index (χ4v) is 2.81. The first-order valence-corrected chi connectivity index (χ1v) is 7.35. The van der Waals surface area contributed by atoms with E-state index in [9.17, 15) is 0 Å². The van der Waals surface area contributed by atoms with Crippen LogP contribution in [0, 0.1) is 0 Å². The fraction of sp³-hybridized carbons (Fsp3) is 0.625. The summed E-state index contributed by atoms with van der Waals surface area (Å²) in [7, 11) is 0. The highest BCUT2D eigenvalue weighted by atomic mass is 15.1. The topological polar surface area (TPSA) is 15.3 Å². The predicted molar refractivity (Wildman–Crippen MR) is 77.9 cm³/mol.